The zero-order chi connectivity index (χ0) is 9.68. The smallest absolute Gasteiger partial charge is 0.250 e. The quantitative estimate of drug-likeness (QED) is 0.720. The van der Waals surface area contributed by atoms with E-state index in [0.29, 0.717) is 5.92 Å². The molecule has 1 fully saturated rings. The molecule has 0 radical (unpaired) electrons. The van der Waals surface area contributed by atoms with Gasteiger partial charge in [-0.25, -0.2) is 8.78 Å². The van der Waals surface area contributed by atoms with Crippen molar-refractivity contribution in [3.63, 3.8) is 0 Å². The molecule has 1 rings (SSSR count). The lowest BCUT2D eigenvalue weighted by Crippen LogP contribution is -2.29. The van der Waals surface area contributed by atoms with Crippen molar-refractivity contribution >= 4 is 0 Å². The summed E-state index contributed by atoms with van der Waals surface area (Å²) in [6.07, 6.45) is 2.74. The van der Waals surface area contributed by atoms with E-state index in [-0.39, 0.29) is 6.54 Å². The van der Waals surface area contributed by atoms with Crippen LogP contribution in [0.5, 0.6) is 0 Å². The Hall–Kier alpha value is -0.180. The molecule has 1 nitrogen and oxygen atoms in total. The van der Waals surface area contributed by atoms with Crippen molar-refractivity contribution in [2.24, 2.45) is 11.8 Å². The van der Waals surface area contributed by atoms with Gasteiger partial charge in [-0.15, -0.1) is 0 Å². The second kappa shape index (κ2) is 5.53. The van der Waals surface area contributed by atoms with Gasteiger partial charge in [0.05, 0.1) is 6.54 Å². The molecule has 13 heavy (non-hydrogen) atoms. The fourth-order valence-corrected chi connectivity index (χ4v) is 1.93. The first-order valence-electron chi connectivity index (χ1n) is 5.17. The highest BCUT2D eigenvalue weighted by Crippen LogP contribution is 2.27. The second-order valence-corrected chi connectivity index (χ2v) is 4.18. The van der Waals surface area contributed by atoms with Gasteiger partial charge in [0.1, 0.15) is 0 Å². The molecule has 0 amide bonds. The first kappa shape index (κ1) is 10.9. The van der Waals surface area contributed by atoms with Gasteiger partial charge < -0.3 is 5.32 Å². The zero-order valence-corrected chi connectivity index (χ0v) is 8.23. The van der Waals surface area contributed by atoms with Crippen molar-refractivity contribution in [1.29, 1.82) is 0 Å². The minimum atomic E-state index is -2.21. The molecule has 0 bridgehead atoms. The van der Waals surface area contributed by atoms with Crippen LogP contribution in [0.3, 0.4) is 0 Å². The molecule has 0 heterocycles. The number of rotatable bonds is 4. The van der Waals surface area contributed by atoms with Crippen molar-refractivity contribution in [1.82, 2.24) is 5.32 Å². The number of alkyl halides is 2. The van der Waals surface area contributed by atoms with E-state index in [4.69, 9.17) is 0 Å². The van der Waals surface area contributed by atoms with Gasteiger partial charge in [0.2, 0.25) is 0 Å². The average Bonchev–Trinajstić information content (AvgIpc) is 2.08. The fourth-order valence-electron chi connectivity index (χ4n) is 1.93. The van der Waals surface area contributed by atoms with Crippen molar-refractivity contribution in [2.45, 2.75) is 39.0 Å². The Morgan fingerprint density at radius 3 is 2.38 bits per heavy atom. The molecule has 0 aliphatic heterocycles. The highest BCUT2D eigenvalue weighted by molar-refractivity contribution is 4.71. The predicted molar refractivity (Wildman–Crippen MR) is 50.0 cm³/mol. The third-order valence-electron chi connectivity index (χ3n) is 2.87. The third-order valence-corrected chi connectivity index (χ3v) is 2.87. The Balaban J connectivity index is 2.02. The van der Waals surface area contributed by atoms with Crippen LogP contribution in [0.1, 0.15) is 32.6 Å². The normalized spacial score (nSPS) is 29.5. The Bertz CT molecular complexity index is 131. The molecule has 1 aliphatic rings. The molecule has 0 aromatic rings. The van der Waals surface area contributed by atoms with Gasteiger partial charge in [-0.3, -0.25) is 0 Å². The molecule has 3 heteroatoms. The van der Waals surface area contributed by atoms with Crippen molar-refractivity contribution in [2.75, 3.05) is 13.1 Å². The summed E-state index contributed by atoms with van der Waals surface area (Å²) in [5.41, 5.74) is 0. The van der Waals surface area contributed by atoms with E-state index < -0.39 is 6.43 Å². The molecule has 0 aromatic carbocycles. The highest BCUT2D eigenvalue weighted by atomic mass is 19.3. The van der Waals surface area contributed by atoms with Crippen molar-refractivity contribution in [3.8, 4) is 0 Å². The lowest BCUT2D eigenvalue weighted by molar-refractivity contribution is 0.142. The number of hydrogen-bond donors (Lipinski definition) is 1. The Morgan fingerprint density at radius 1 is 1.23 bits per heavy atom. The van der Waals surface area contributed by atoms with Crippen LogP contribution in [-0.2, 0) is 0 Å². The van der Waals surface area contributed by atoms with E-state index in [2.05, 4.69) is 12.2 Å². The Morgan fingerprint density at radius 2 is 1.85 bits per heavy atom. The summed E-state index contributed by atoms with van der Waals surface area (Å²) in [5.74, 6) is 1.47. The molecule has 0 aromatic heterocycles. The molecule has 1 N–H and O–H groups in total. The van der Waals surface area contributed by atoms with E-state index in [0.717, 1.165) is 12.5 Å². The van der Waals surface area contributed by atoms with Gasteiger partial charge in [0, 0.05) is 0 Å². The monoisotopic (exact) mass is 191 g/mol. The van der Waals surface area contributed by atoms with Gasteiger partial charge >= 0.3 is 0 Å². The van der Waals surface area contributed by atoms with Gasteiger partial charge in [0.25, 0.3) is 6.43 Å². The van der Waals surface area contributed by atoms with Crippen LogP contribution in [-0.4, -0.2) is 19.5 Å². The summed E-state index contributed by atoms with van der Waals surface area (Å²) in [6.45, 7) is 2.89. The molecule has 1 aliphatic carbocycles. The van der Waals surface area contributed by atoms with Crippen LogP contribution in [0.15, 0.2) is 0 Å². The van der Waals surface area contributed by atoms with Crippen LogP contribution in [0.4, 0.5) is 8.78 Å². The van der Waals surface area contributed by atoms with Crippen LogP contribution in [0.25, 0.3) is 0 Å². The maximum atomic E-state index is 11.8. The standard InChI is InChI=1S/C10H19F2N/c1-8-2-4-9(5-3-8)6-13-7-10(11)12/h8-10,13H,2-7H2,1H3. The van der Waals surface area contributed by atoms with Crippen LogP contribution in [0.2, 0.25) is 0 Å². The van der Waals surface area contributed by atoms with E-state index in [1.165, 1.54) is 25.7 Å². The van der Waals surface area contributed by atoms with Crippen LogP contribution in [0, 0.1) is 11.8 Å². The second-order valence-electron chi connectivity index (χ2n) is 4.18. The largest absolute Gasteiger partial charge is 0.311 e. The average molecular weight is 191 g/mol. The minimum absolute atomic E-state index is 0.147. The van der Waals surface area contributed by atoms with Crippen LogP contribution >= 0.6 is 0 Å². The van der Waals surface area contributed by atoms with Gasteiger partial charge in [0.15, 0.2) is 0 Å². The summed E-state index contributed by atoms with van der Waals surface area (Å²) in [4.78, 5) is 0. The summed E-state index contributed by atoms with van der Waals surface area (Å²) in [7, 11) is 0. The first-order valence-corrected chi connectivity index (χ1v) is 5.17. The molecular weight excluding hydrogens is 172 g/mol. The molecule has 0 unspecified atom stereocenters. The number of hydrogen-bond acceptors (Lipinski definition) is 1. The third kappa shape index (κ3) is 4.55. The minimum Gasteiger partial charge on any atom is -0.311 e. The molecule has 78 valence electrons. The van der Waals surface area contributed by atoms with Crippen molar-refractivity contribution < 1.29 is 8.78 Å². The number of halogens is 2. The topological polar surface area (TPSA) is 12.0 Å². The summed E-state index contributed by atoms with van der Waals surface area (Å²) >= 11 is 0. The summed E-state index contributed by atoms with van der Waals surface area (Å²) in [5, 5.41) is 2.82. The fraction of sp³-hybridized carbons (Fsp3) is 1.00. The van der Waals surface area contributed by atoms with Gasteiger partial charge in [-0.2, -0.15) is 0 Å². The Labute approximate surface area is 78.9 Å². The van der Waals surface area contributed by atoms with E-state index in [9.17, 15) is 8.78 Å². The lowest BCUT2D eigenvalue weighted by atomic mass is 9.83. The van der Waals surface area contributed by atoms with E-state index in [1.807, 2.05) is 0 Å². The SMILES string of the molecule is CC1CCC(CNCC(F)F)CC1. The lowest BCUT2D eigenvalue weighted by Gasteiger charge is -2.26. The molecule has 0 atom stereocenters. The molecule has 1 saturated carbocycles. The number of nitrogens with one attached hydrogen (secondary N) is 1. The molecule has 0 spiro atoms. The zero-order valence-electron chi connectivity index (χ0n) is 8.23. The van der Waals surface area contributed by atoms with Crippen LogP contribution < -0.4 is 5.32 Å². The summed E-state index contributed by atoms with van der Waals surface area (Å²) < 4.78 is 23.6. The maximum absolute atomic E-state index is 11.8. The van der Waals surface area contributed by atoms with E-state index in [1.54, 1.807) is 0 Å². The van der Waals surface area contributed by atoms with Gasteiger partial charge in [-0.05, 0) is 31.2 Å². The predicted octanol–water partition coefficient (Wildman–Crippen LogP) is 2.67. The summed E-state index contributed by atoms with van der Waals surface area (Å²) in [6, 6.07) is 0. The first-order chi connectivity index (χ1) is 6.18. The maximum Gasteiger partial charge on any atom is 0.250 e. The molecular formula is C10H19F2N. The van der Waals surface area contributed by atoms with E-state index >= 15 is 0 Å². The highest BCUT2D eigenvalue weighted by Gasteiger charge is 2.17. The Kier molecular flexibility index (Phi) is 4.64. The van der Waals surface area contributed by atoms with Gasteiger partial charge in [-0.1, -0.05) is 19.8 Å². The molecule has 0 saturated heterocycles. The van der Waals surface area contributed by atoms with Crippen molar-refractivity contribution in [3.05, 3.63) is 0 Å².